The topological polar surface area (TPSA) is 85.8 Å². The first-order chi connectivity index (χ1) is 13.3. The monoisotopic (exact) mass is 375 g/mol. The number of oxazole rings is 1. The van der Waals surface area contributed by atoms with Gasteiger partial charge >= 0.3 is 0 Å². The molecule has 0 radical (unpaired) electrons. The molecule has 5 rings (SSSR count). The van der Waals surface area contributed by atoms with Crippen LogP contribution in [-0.2, 0) is 11.3 Å². The minimum atomic E-state index is -0.156. The summed E-state index contributed by atoms with van der Waals surface area (Å²) in [7, 11) is 0. The van der Waals surface area contributed by atoms with Crippen molar-refractivity contribution in [3.8, 4) is 11.5 Å². The van der Waals surface area contributed by atoms with Gasteiger partial charge in [-0.15, -0.1) is 11.3 Å². The first kappa shape index (κ1) is 15.7. The molecule has 1 N–H and O–H groups in total. The van der Waals surface area contributed by atoms with Gasteiger partial charge in [-0.3, -0.25) is 4.79 Å². The molecule has 1 amide bonds. The van der Waals surface area contributed by atoms with Crippen LogP contribution in [0.25, 0.3) is 33.6 Å². The number of para-hydroxylation sites is 3. The van der Waals surface area contributed by atoms with Gasteiger partial charge in [0, 0.05) is 11.6 Å². The number of hydrogen-bond acceptors (Lipinski definition) is 6. The van der Waals surface area contributed by atoms with Crippen LogP contribution in [0, 0.1) is 0 Å². The van der Waals surface area contributed by atoms with Crippen LogP contribution in [0.5, 0.6) is 0 Å². The lowest BCUT2D eigenvalue weighted by Crippen LogP contribution is -2.18. The molecule has 5 aromatic rings. The summed E-state index contributed by atoms with van der Waals surface area (Å²) in [5.74, 6) is 0.357. The molecule has 0 spiro atoms. The average Bonchev–Trinajstić information content (AvgIpc) is 3.41. The van der Waals surface area contributed by atoms with Gasteiger partial charge in [0.05, 0.1) is 17.4 Å². The maximum absolute atomic E-state index is 12.3. The summed E-state index contributed by atoms with van der Waals surface area (Å²) in [6, 6.07) is 13.4. The molecule has 0 bridgehead atoms. The number of nitrogens with one attached hydrogen (secondary N) is 1. The van der Waals surface area contributed by atoms with Crippen molar-refractivity contribution < 1.29 is 9.21 Å². The van der Waals surface area contributed by atoms with E-state index in [1.165, 1.54) is 11.3 Å². The van der Waals surface area contributed by atoms with Gasteiger partial charge in [0.25, 0.3) is 0 Å². The lowest BCUT2D eigenvalue weighted by Gasteiger charge is -2.05. The lowest BCUT2D eigenvalue weighted by atomic mass is 10.2. The van der Waals surface area contributed by atoms with E-state index >= 15 is 0 Å². The minimum Gasteiger partial charge on any atom is -0.436 e. The minimum absolute atomic E-state index is 0.146. The summed E-state index contributed by atoms with van der Waals surface area (Å²) in [5, 5.41) is 5.17. The molecule has 0 saturated carbocycles. The van der Waals surface area contributed by atoms with Crippen molar-refractivity contribution in [3.63, 3.8) is 0 Å². The number of anilines is 1. The molecule has 0 unspecified atom stereocenters. The van der Waals surface area contributed by atoms with E-state index in [9.17, 15) is 4.79 Å². The van der Waals surface area contributed by atoms with E-state index in [-0.39, 0.29) is 12.5 Å². The van der Waals surface area contributed by atoms with E-state index in [0.717, 1.165) is 27.7 Å². The van der Waals surface area contributed by atoms with Gasteiger partial charge in [-0.2, -0.15) is 0 Å². The Morgan fingerprint density at radius 3 is 2.93 bits per heavy atom. The number of benzene rings is 2. The van der Waals surface area contributed by atoms with Crippen LogP contribution in [0.2, 0.25) is 0 Å². The summed E-state index contributed by atoms with van der Waals surface area (Å²) in [6.07, 6.45) is 3.30. The molecule has 7 nitrogen and oxygen atoms in total. The number of imidazole rings is 1. The second-order valence-corrected chi connectivity index (χ2v) is 6.81. The molecular weight excluding hydrogens is 362 g/mol. The number of aromatic nitrogens is 4. The van der Waals surface area contributed by atoms with E-state index in [0.29, 0.717) is 11.0 Å². The van der Waals surface area contributed by atoms with Crippen LogP contribution >= 0.6 is 11.3 Å². The van der Waals surface area contributed by atoms with Crippen LogP contribution in [0.1, 0.15) is 0 Å². The molecule has 132 valence electrons. The predicted molar refractivity (Wildman–Crippen MR) is 103 cm³/mol. The highest BCUT2D eigenvalue weighted by Gasteiger charge is 2.15. The number of nitrogens with zero attached hydrogens (tertiary/aromatic N) is 4. The third kappa shape index (κ3) is 2.85. The molecular formula is C19H13N5O2S. The fourth-order valence-corrected chi connectivity index (χ4v) is 3.52. The molecule has 0 aliphatic rings. The first-order valence-corrected chi connectivity index (χ1v) is 9.15. The molecule has 0 fully saturated rings. The maximum atomic E-state index is 12.3. The zero-order chi connectivity index (χ0) is 18.2. The van der Waals surface area contributed by atoms with E-state index in [1.807, 2.05) is 47.8 Å². The molecule has 8 heteroatoms. The molecule has 0 aliphatic carbocycles. The Kier molecular flexibility index (Phi) is 3.68. The third-order valence-corrected chi connectivity index (χ3v) is 4.86. The standard InChI is InChI=1S/C19H13N5O2S/c25-16(23-19-20-8-9-27-19)10-24-11-21-17-12(4-3-6-14(17)24)18-22-13-5-1-2-7-15(13)26-18/h1-9,11H,10H2,(H,20,23,25). The maximum Gasteiger partial charge on any atom is 0.246 e. The summed E-state index contributed by atoms with van der Waals surface area (Å²) < 4.78 is 7.67. The average molecular weight is 375 g/mol. The van der Waals surface area contributed by atoms with E-state index in [2.05, 4.69) is 20.3 Å². The molecule has 3 aromatic heterocycles. The zero-order valence-electron chi connectivity index (χ0n) is 14.0. The second kappa shape index (κ2) is 6.33. The van der Waals surface area contributed by atoms with Crippen molar-refractivity contribution in [3.05, 3.63) is 60.4 Å². The van der Waals surface area contributed by atoms with Crippen molar-refractivity contribution >= 4 is 44.5 Å². The Bertz CT molecular complexity index is 1220. The Labute approximate surface area is 157 Å². The van der Waals surface area contributed by atoms with Crippen molar-refractivity contribution in [2.24, 2.45) is 0 Å². The molecule has 0 atom stereocenters. The van der Waals surface area contributed by atoms with Crippen LogP contribution < -0.4 is 5.32 Å². The van der Waals surface area contributed by atoms with Crippen molar-refractivity contribution in [2.75, 3.05) is 5.32 Å². The molecule has 2 aromatic carbocycles. The number of rotatable bonds is 4. The van der Waals surface area contributed by atoms with Crippen molar-refractivity contribution in [2.45, 2.75) is 6.54 Å². The Hall–Kier alpha value is -3.52. The summed E-state index contributed by atoms with van der Waals surface area (Å²) >= 11 is 1.38. The number of carbonyl (C=O) groups excluding carboxylic acids is 1. The normalized spacial score (nSPS) is 11.3. The van der Waals surface area contributed by atoms with Crippen molar-refractivity contribution in [1.29, 1.82) is 0 Å². The molecule has 3 heterocycles. The number of fused-ring (bicyclic) bond motifs is 2. The highest BCUT2D eigenvalue weighted by atomic mass is 32.1. The summed E-state index contributed by atoms with van der Waals surface area (Å²) in [5.41, 5.74) is 3.90. The Morgan fingerprint density at radius 1 is 1.15 bits per heavy atom. The SMILES string of the molecule is O=C(Cn1cnc2c(-c3nc4ccccc4o3)cccc21)Nc1nccs1. The first-order valence-electron chi connectivity index (χ1n) is 8.27. The quantitative estimate of drug-likeness (QED) is 0.514. The fourth-order valence-electron chi connectivity index (χ4n) is 2.97. The van der Waals surface area contributed by atoms with Crippen LogP contribution in [-0.4, -0.2) is 25.4 Å². The predicted octanol–water partition coefficient (Wildman–Crippen LogP) is 3.94. The smallest absolute Gasteiger partial charge is 0.246 e. The van der Waals surface area contributed by atoms with Gasteiger partial charge in [0.15, 0.2) is 10.7 Å². The Morgan fingerprint density at radius 2 is 2.07 bits per heavy atom. The second-order valence-electron chi connectivity index (χ2n) is 5.92. The highest BCUT2D eigenvalue weighted by molar-refractivity contribution is 7.13. The Balaban J connectivity index is 1.50. The number of amides is 1. The summed E-state index contributed by atoms with van der Waals surface area (Å²) in [6.45, 7) is 0.146. The van der Waals surface area contributed by atoms with Crippen molar-refractivity contribution in [1.82, 2.24) is 19.5 Å². The van der Waals surface area contributed by atoms with Gasteiger partial charge in [0.1, 0.15) is 17.6 Å². The molecule has 0 saturated heterocycles. The van der Waals surface area contributed by atoms with Gasteiger partial charge in [-0.1, -0.05) is 18.2 Å². The van der Waals surface area contributed by atoms with Gasteiger partial charge < -0.3 is 14.3 Å². The number of thiazole rings is 1. The highest BCUT2D eigenvalue weighted by Crippen LogP contribution is 2.29. The van der Waals surface area contributed by atoms with Crippen LogP contribution in [0.4, 0.5) is 5.13 Å². The molecule has 0 aliphatic heterocycles. The van der Waals surface area contributed by atoms with Gasteiger partial charge in [-0.25, -0.2) is 15.0 Å². The van der Waals surface area contributed by atoms with E-state index < -0.39 is 0 Å². The van der Waals surface area contributed by atoms with Gasteiger partial charge in [0.2, 0.25) is 11.8 Å². The number of hydrogen-bond donors (Lipinski definition) is 1. The largest absolute Gasteiger partial charge is 0.436 e. The molecule has 27 heavy (non-hydrogen) atoms. The zero-order valence-corrected chi connectivity index (χ0v) is 14.8. The van der Waals surface area contributed by atoms with E-state index in [1.54, 1.807) is 17.1 Å². The lowest BCUT2D eigenvalue weighted by molar-refractivity contribution is -0.116. The third-order valence-electron chi connectivity index (χ3n) is 4.17. The van der Waals surface area contributed by atoms with Gasteiger partial charge in [-0.05, 0) is 24.3 Å². The van der Waals surface area contributed by atoms with Crippen LogP contribution in [0.15, 0.2) is 64.8 Å². The number of carbonyl (C=O) groups is 1. The summed E-state index contributed by atoms with van der Waals surface area (Å²) in [4.78, 5) is 25.4. The fraction of sp³-hybridized carbons (Fsp3) is 0.0526. The van der Waals surface area contributed by atoms with Crippen LogP contribution in [0.3, 0.4) is 0 Å². The van der Waals surface area contributed by atoms with E-state index in [4.69, 9.17) is 4.42 Å².